The van der Waals surface area contributed by atoms with Crippen LogP contribution in [0, 0.1) is 0 Å². The summed E-state index contributed by atoms with van der Waals surface area (Å²) in [6.45, 7) is 0. The van der Waals surface area contributed by atoms with E-state index in [2.05, 4.69) is 6.07 Å². The Morgan fingerprint density at radius 3 is 2.93 bits per heavy atom. The van der Waals surface area contributed by atoms with Gasteiger partial charge in [0.2, 0.25) is 0 Å². The summed E-state index contributed by atoms with van der Waals surface area (Å²) in [5.74, 6) is 1.02. The van der Waals surface area contributed by atoms with Gasteiger partial charge in [-0.05, 0) is 36.5 Å². The minimum atomic E-state index is 0. The molecule has 0 unspecified atom stereocenters. The number of methoxy groups -OCH3 is 1. The van der Waals surface area contributed by atoms with Crippen molar-refractivity contribution in [3.05, 3.63) is 29.3 Å². The van der Waals surface area contributed by atoms with Crippen LogP contribution in [-0.2, 0) is 12.8 Å². The number of nitrogens with two attached hydrogens (primary N) is 1. The van der Waals surface area contributed by atoms with Crippen molar-refractivity contribution < 1.29 is 4.74 Å². The third-order valence-corrected chi connectivity index (χ3v) is 2.70. The molecule has 0 amide bonds. The van der Waals surface area contributed by atoms with Crippen molar-refractivity contribution in [1.82, 2.24) is 0 Å². The minimum Gasteiger partial charge on any atom is -0.496 e. The lowest BCUT2D eigenvalue weighted by atomic mass is 9.88. The molecular weight excluding hydrogens is 198 g/mol. The molecule has 0 aromatic heterocycles. The predicted octanol–water partition coefficient (Wildman–Crippen LogP) is 1.93. The molecule has 0 fully saturated rings. The standard InChI is InChI=1S/C11H15NO.ClH/c1-13-11-4-2-3-8-7-9(12)5-6-10(8)11;/h2-4,9H,5-7,12H2,1H3;1H/t9-;/m0./s1. The second kappa shape index (κ2) is 4.67. The maximum Gasteiger partial charge on any atom is 0.122 e. The van der Waals surface area contributed by atoms with Gasteiger partial charge in [-0.1, -0.05) is 12.1 Å². The van der Waals surface area contributed by atoms with E-state index in [4.69, 9.17) is 10.5 Å². The molecule has 1 aromatic carbocycles. The maximum absolute atomic E-state index is 5.90. The zero-order valence-corrected chi connectivity index (χ0v) is 9.14. The molecule has 0 spiro atoms. The van der Waals surface area contributed by atoms with Gasteiger partial charge in [-0.15, -0.1) is 12.4 Å². The Morgan fingerprint density at radius 1 is 1.43 bits per heavy atom. The van der Waals surface area contributed by atoms with Gasteiger partial charge >= 0.3 is 0 Å². The summed E-state index contributed by atoms with van der Waals surface area (Å²) in [5.41, 5.74) is 8.61. The quantitative estimate of drug-likeness (QED) is 0.774. The van der Waals surface area contributed by atoms with E-state index in [1.54, 1.807) is 7.11 Å². The molecule has 0 saturated carbocycles. The van der Waals surface area contributed by atoms with Crippen LogP contribution in [0.25, 0.3) is 0 Å². The molecule has 3 heteroatoms. The Kier molecular flexibility index (Phi) is 3.78. The van der Waals surface area contributed by atoms with Crippen LogP contribution in [0.4, 0.5) is 0 Å². The van der Waals surface area contributed by atoms with Crippen LogP contribution >= 0.6 is 12.4 Å². The van der Waals surface area contributed by atoms with Crippen molar-refractivity contribution >= 4 is 12.4 Å². The molecule has 1 aromatic rings. The lowest BCUT2D eigenvalue weighted by Crippen LogP contribution is -2.27. The molecule has 0 aliphatic heterocycles. The summed E-state index contributed by atoms with van der Waals surface area (Å²) in [5, 5.41) is 0. The van der Waals surface area contributed by atoms with Gasteiger partial charge in [0.1, 0.15) is 5.75 Å². The first-order valence-electron chi connectivity index (χ1n) is 4.71. The molecule has 0 bridgehead atoms. The van der Waals surface area contributed by atoms with Gasteiger partial charge in [-0.3, -0.25) is 0 Å². The lowest BCUT2D eigenvalue weighted by Gasteiger charge is -2.22. The summed E-state index contributed by atoms with van der Waals surface area (Å²) in [6, 6.07) is 6.54. The van der Waals surface area contributed by atoms with E-state index in [1.807, 2.05) is 12.1 Å². The molecule has 1 atom stereocenters. The largest absolute Gasteiger partial charge is 0.496 e. The number of halogens is 1. The van der Waals surface area contributed by atoms with Crippen LogP contribution in [0.3, 0.4) is 0 Å². The molecule has 78 valence electrons. The van der Waals surface area contributed by atoms with E-state index in [1.165, 1.54) is 11.1 Å². The zero-order valence-electron chi connectivity index (χ0n) is 8.32. The van der Waals surface area contributed by atoms with Gasteiger partial charge in [0, 0.05) is 6.04 Å². The monoisotopic (exact) mass is 213 g/mol. The SMILES string of the molecule is COc1cccc2c1CC[C@H](N)C2.Cl. The molecule has 1 aliphatic rings. The first kappa shape index (κ1) is 11.3. The highest BCUT2D eigenvalue weighted by atomic mass is 35.5. The van der Waals surface area contributed by atoms with Crippen LogP contribution in [0.2, 0.25) is 0 Å². The van der Waals surface area contributed by atoms with Gasteiger partial charge in [-0.2, -0.15) is 0 Å². The Morgan fingerprint density at radius 2 is 2.21 bits per heavy atom. The van der Waals surface area contributed by atoms with E-state index in [9.17, 15) is 0 Å². The topological polar surface area (TPSA) is 35.2 Å². The van der Waals surface area contributed by atoms with Crippen molar-refractivity contribution in [2.24, 2.45) is 5.73 Å². The van der Waals surface area contributed by atoms with Crippen LogP contribution < -0.4 is 10.5 Å². The molecule has 14 heavy (non-hydrogen) atoms. The van der Waals surface area contributed by atoms with Crippen LogP contribution in [-0.4, -0.2) is 13.2 Å². The summed E-state index contributed by atoms with van der Waals surface area (Å²) in [4.78, 5) is 0. The van der Waals surface area contributed by atoms with Crippen LogP contribution in [0.5, 0.6) is 5.75 Å². The number of hydrogen-bond donors (Lipinski definition) is 1. The first-order valence-corrected chi connectivity index (χ1v) is 4.71. The maximum atomic E-state index is 5.90. The zero-order chi connectivity index (χ0) is 9.26. The van der Waals surface area contributed by atoms with Crippen molar-refractivity contribution in [3.63, 3.8) is 0 Å². The van der Waals surface area contributed by atoms with E-state index in [0.717, 1.165) is 25.0 Å². The van der Waals surface area contributed by atoms with Crippen molar-refractivity contribution in [1.29, 1.82) is 0 Å². The summed E-state index contributed by atoms with van der Waals surface area (Å²) >= 11 is 0. The van der Waals surface area contributed by atoms with Gasteiger partial charge in [0.25, 0.3) is 0 Å². The predicted molar refractivity (Wildman–Crippen MR) is 60.2 cm³/mol. The smallest absolute Gasteiger partial charge is 0.122 e. The third-order valence-electron chi connectivity index (χ3n) is 2.70. The Bertz CT molecular complexity index is 314. The van der Waals surface area contributed by atoms with Gasteiger partial charge in [0.05, 0.1) is 7.11 Å². The molecule has 0 heterocycles. The lowest BCUT2D eigenvalue weighted by molar-refractivity contribution is 0.404. The highest BCUT2D eigenvalue weighted by Crippen LogP contribution is 2.28. The minimum absolute atomic E-state index is 0. The molecule has 2 rings (SSSR count). The summed E-state index contributed by atoms with van der Waals surface area (Å²) in [7, 11) is 1.73. The number of fused-ring (bicyclic) bond motifs is 1. The van der Waals surface area contributed by atoms with Crippen LogP contribution in [0.15, 0.2) is 18.2 Å². The molecular formula is C11H16ClNO. The number of rotatable bonds is 1. The molecule has 0 saturated heterocycles. The summed E-state index contributed by atoms with van der Waals surface area (Å²) < 4.78 is 5.31. The summed E-state index contributed by atoms with van der Waals surface area (Å²) in [6.07, 6.45) is 3.13. The third kappa shape index (κ3) is 2.02. The van der Waals surface area contributed by atoms with Crippen molar-refractivity contribution in [2.45, 2.75) is 25.3 Å². The molecule has 1 aliphatic carbocycles. The highest BCUT2D eigenvalue weighted by molar-refractivity contribution is 5.85. The number of benzene rings is 1. The molecule has 2 nitrogen and oxygen atoms in total. The van der Waals surface area contributed by atoms with E-state index >= 15 is 0 Å². The van der Waals surface area contributed by atoms with Gasteiger partial charge in [0.15, 0.2) is 0 Å². The fourth-order valence-electron chi connectivity index (χ4n) is 1.99. The molecule has 0 radical (unpaired) electrons. The van der Waals surface area contributed by atoms with Crippen LogP contribution in [0.1, 0.15) is 17.5 Å². The van der Waals surface area contributed by atoms with E-state index < -0.39 is 0 Å². The Hall–Kier alpha value is -0.730. The number of ether oxygens (including phenoxy) is 1. The van der Waals surface area contributed by atoms with Gasteiger partial charge in [-0.25, -0.2) is 0 Å². The average molecular weight is 214 g/mol. The Labute approximate surface area is 90.9 Å². The fourth-order valence-corrected chi connectivity index (χ4v) is 1.99. The highest BCUT2D eigenvalue weighted by Gasteiger charge is 2.17. The average Bonchev–Trinajstić information content (AvgIpc) is 2.16. The van der Waals surface area contributed by atoms with Crippen molar-refractivity contribution in [2.75, 3.05) is 7.11 Å². The molecule has 2 N–H and O–H groups in total. The Balaban J connectivity index is 0.000000980. The second-order valence-corrected chi connectivity index (χ2v) is 3.60. The second-order valence-electron chi connectivity index (χ2n) is 3.60. The fraction of sp³-hybridized carbons (Fsp3) is 0.455. The first-order chi connectivity index (χ1) is 6.31. The normalized spacial score (nSPS) is 19.4. The van der Waals surface area contributed by atoms with E-state index in [-0.39, 0.29) is 12.4 Å². The number of hydrogen-bond acceptors (Lipinski definition) is 2. The van der Waals surface area contributed by atoms with Gasteiger partial charge < -0.3 is 10.5 Å². The van der Waals surface area contributed by atoms with E-state index in [0.29, 0.717) is 6.04 Å². The van der Waals surface area contributed by atoms with Crippen molar-refractivity contribution in [3.8, 4) is 5.75 Å².